The maximum Gasteiger partial charge on any atom is 0.248 e. The highest BCUT2D eigenvalue weighted by atomic mass is 32.1. The van der Waals surface area contributed by atoms with E-state index in [9.17, 15) is 58.2 Å². The second-order valence-electron chi connectivity index (χ2n) is 18.0. The summed E-state index contributed by atoms with van der Waals surface area (Å²) in [6.07, 6.45) is 1.66. The van der Waals surface area contributed by atoms with E-state index in [2.05, 4.69) is 54.8 Å². The molecule has 1 aromatic heterocycles. The Hall–Kier alpha value is -7.05. The summed E-state index contributed by atoms with van der Waals surface area (Å²) in [5.41, 5.74) is 7.61. The zero-order valence-electron chi connectivity index (χ0n) is 40.5. The van der Waals surface area contributed by atoms with Gasteiger partial charge >= 0.3 is 0 Å². The molecule has 5 rings (SSSR count). The molecule has 0 radical (unpaired) electrons. The Kier molecular flexibility index (Phi) is 20.1. The van der Waals surface area contributed by atoms with Crippen LogP contribution in [0.1, 0.15) is 64.5 Å². The molecule has 390 valence electrons. The second-order valence-corrected chi connectivity index (χ2v) is 18.4. The minimum absolute atomic E-state index is 0.0917. The first-order valence-electron chi connectivity index (χ1n) is 23.7. The average molecular weight is 1020 g/mol. The van der Waals surface area contributed by atoms with Crippen molar-refractivity contribution < 1.29 is 58.2 Å². The van der Waals surface area contributed by atoms with Gasteiger partial charge in [0.2, 0.25) is 59.1 Å². The monoisotopic (exact) mass is 1020 g/mol. The summed E-state index contributed by atoms with van der Waals surface area (Å²) < 4.78 is 0. The summed E-state index contributed by atoms with van der Waals surface area (Å²) in [6, 6.07) is 4.58. The van der Waals surface area contributed by atoms with Crippen LogP contribution in [0.3, 0.4) is 0 Å². The first kappa shape index (κ1) is 55.9. The number of hydrogen-bond donors (Lipinski definition) is 12. The summed E-state index contributed by atoms with van der Waals surface area (Å²) in [5.74, 6) is -7.83. The molecule has 10 amide bonds. The highest BCUT2D eigenvalue weighted by Gasteiger charge is 2.41. The Bertz CT molecular complexity index is 2470. The molecular formula is C48H65N11O12S. The fourth-order valence-corrected chi connectivity index (χ4v) is 8.89. The van der Waals surface area contributed by atoms with Gasteiger partial charge in [-0.15, -0.1) is 0 Å². The van der Waals surface area contributed by atoms with Gasteiger partial charge in [-0.25, -0.2) is 0 Å². The van der Waals surface area contributed by atoms with Crippen LogP contribution in [-0.4, -0.2) is 170 Å². The van der Waals surface area contributed by atoms with Crippen molar-refractivity contribution in [3.63, 3.8) is 0 Å². The van der Waals surface area contributed by atoms with Crippen LogP contribution in [0.15, 0.2) is 60.8 Å². The summed E-state index contributed by atoms with van der Waals surface area (Å²) in [5, 5.41) is 39.1. The van der Waals surface area contributed by atoms with E-state index in [1.54, 1.807) is 42.6 Å². The van der Waals surface area contributed by atoms with Gasteiger partial charge in [-0.3, -0.25) is 47.9 Å². The van der Waals surface area contributed by atoms with E-state index in [1.165, 1.54) is 37.5 Å². The van der Waals surface area contributed by atoms with Crippen molar-refractivity contribution >= 4 is 82.6 Å². The van der Waals surface area contributed by atoms with E-state index < -0.39 is 120 Å². The van der Waals surface area contributed by atoms with Gasteiger partial charge in [-0.2, -0.15) is 12.6 Å². The number of benzene rings is 2. The number of H-pyrrole nitrogens is 1. The van der Waals surface area contributed by atoms with Crippen molar-refractivity contribution in [1.82, 2.24) is 52.0 Å². The lowest BCUT2D eigenvalue weighted by molar-refractivity contribution is -0.144. The fraction of sp³-hybridized carbons (Fsp3) is 0.500. The number of aliphatic hydroxyl groups excluding tert-OH is 2. The van der Waals surface area contributed by atoms with Crippen molar-refractivity contribution in [3.05, 3.63) is 71.9 Å². The number of likely N-dealkylation sites (tertiary alicyclic amines) is 2. The number of rotatable bonds is 23. The Morgan fingerprint density at radius 3 is 1.79 bits per heavy atom. The molecule has 2 fully saturated rings. The molecule has 12 N–H and O–H groups in total. The molecule has 2 aromatic carbocycles. The number of aromatic nitrogens is 1. The number of aromatic amines is 1. The van der Waals surface area contributed by atoms with E-state index in [0.29, 0.717) is 31.4 Å². The minimum Gasteiger partial charge on any atom is -0.394 e. The maximum atomic E-state index is 14.1. The summed E-state index contributed by atoms with van der Waals surface area (Å²) in [4.78, 5) is 139. The van der Waals surface area contributed by atoms with E-state index in [-0.39, 0.29) is 37.5 Å². The van der Waals surface area contributed by atoms with Crippen LogP contribution in [0.2, 0.25) is 0 Å². The third-order valence-electron chi connectivity index (χ3n) is 12.7. The van der Waals surface area contributed by atoms with Crippen LogP contribution < -0.4 is 43.0 Å². The van der Waals surface area contributed by atoms with Crippen LogP contribution in [0.25, 0.3) is 10.9 Å². The lowest BCUT2D eigenvalue weighted by atomic mass is 10.0. The van der Waals surface area contributed by atoms with Gasteiger partial charge in [0.15, 0.2) is 0 Å². The van der Waals surface area contributed by atoms with Gasteiger partial charge in [0, 0.05) is 55.7 Å². The molecule has 2 aliphatic rings. The highest BCUT2D eigenvalue weighted by Crippen LogP contribution is 2.23. The number of carbonyl (C=O) groups excluding carboxylic acids is 10. The molecule has 2 saturated heterocycles. The van der Waals surface area contributed by atoms with Crippen molar-refractivity contribution in [2.24, 2.45) is 5.73 Å². The standard InChI is InChI=1S/C48H65N11O12S/c1-25(41(64)53-33(40(49)63)20-29-12-6-5-7-13-29)52-44(67)36(24-72)56-47(70)39(27(3)61)57-42(65)26(2)51-43(66)34(21-30-22-50-32-15-9-8-14-31(30)32)54-46(69)38-17-11-19-59(38)48(71)35(23-60)55-45(68)37-16-10-18-58(37)28(4)62/h5-9,12-15,22,25-27,33-39,50,60-61,72H,10-11,16-21,23-24H2,1-4H3,(H2,49,63)(H,51,66)(H,52,67)(H,53,64)(H,54,69)(H,55,68)(H,56,70)(H,57,65)/t25-,26-,27+,33-,34-,35-,36-,37-,38-,39-/m0/s1. The zero-order valence-corrected chi connectivity index (χ0v) is 41.4. The number of nitrogens with one attached hydrogen (secondary N) is 8. The molecule has 72 heavy (non-hydrogen) atoms. The van der Waals surface area contributed by atoms with Crippen LogP contribution in [-0.2, 0) is 60.8 Å². The average Bonchev–Trinajstić information content (AvgIpc) is 4.15. The van der Waals surface area contributed by atoms with Gasteiger partial charge < -0.3 is 67.9 Å². The van der Waals surface area contributed by atoms with Gasteiger partial charge in [-0.05, 0) is 63.6 Å². The molecule has 23 nitrogen and oxygen atoms in total. The normalized spacial score (nSPS) is 18.8. The molecule has 0 aliphatic carbocycles. The number of aliphatic hydroxyl groups is 2. The summed E-state index contributed by atoms with van der Waals surface area (Å²) >= 11 is 4.17. The van der Waals surface area contributed by atoms with Crippen molar-refractivity contribution in [2.45, 2.75) is 127 Å². The first-order chi connectivity index (χ1) is 34.2. The molecule has 0 bridgehead atoms. The first-order valence-corrected chi connectivity index (χ1v) is 24.4. The molecule has 24 heteroatoms. The van der Waals surface area contributed by atoms with E-state index in [1.807, 2.05) is 18.2 Å². The Morgan fingerprint density at radius 2 is 1.21 bits per heavy atom. The Labute approximate surface area is 421 Å². The van der Waals surface area contributed by atoms with Crippen molar-refractivity contribution in [2.75, 3.05) is 25.4 Å². The molecular weight excluding hydrogens is 955 g/mol. The predicted molar refractivity (Wildman–Crippen MR) is 264 cm³/mol. The Balaban J connectivity index is 1.22. The fourth-order valence-electron chi connectivity index (χ4n) is 8.64. The summed E-state index contributed by atoms with van der Waals surface area (Å²) in [6.45, 7) is 4.88. The summed E-state index contributed by atoms with van der Waals surface area (Å²) in [7, 11) is 0. The van der Waals surface area contributed by atoms with Crippen molar-refractivity contribution in [3.8, 4) is 0 Å². The smallest absolute Gasteiger partial charge is 0.248 e. The number of nitrogens with zero attached hydrogens (tertiary/aromatic N) is 2. The Morgan fingerprint density at radius 1 is 0.667 bits per heavy atom. The van der Waals surface area contributed by atoms with Crippen LogP contribution in [0, 0.1) is 0 Å². The molecule has 10 atom stereocenters. The molecule has 0 spiro atoms. The van der Waals surface area contributed by atoms with Gasteiger partial charge in [0.05, 0.1) is 12.7 Å². The third-order valence-corrected chi connectivity index (χ3v) is 13.0. The van der Waals surface area contributed by atoms with Gasteiger partial charge in [0.1, 0.15) is 54.4 Å². The van der Waals surface area contributed by atoms with E-state index >= 15 is 0 Å². The molecule has 0 unspecified atom stereocenters. The van der Waals surface area contributed by atoms with Crippen LogP contribution in [0.5, 0.6) is 0 Å². The number of primary amides is 1. The number of fused-ring (bicyclic) bond motifs is 1. The number of thiol groups is 1. The largest absolute Gasteiger partial charge is 0.394 e. The maximum absolute atomic E-state index is 14.1. The van der Waals surface area contributed by atoms with Gasteiger partial charge in [-0.1, -0.05) is 48.5 Å². The van der Waals surface area contributed by atoms with Crippen LogP contribution >= 0.6 is 12.6 Å². The second kappa shape index (κ2) is 25.9. The lowest BCUT2D eigenvalue weighted by Crippen LogP contribution is -2.61. The quantitative estimate of drug-likeness (QED) is 0.0428. The molecule has 3 aromatic rings. The third kappa shape index (κ3) is 14.5. The van der Waals surface area contributed by atoms with Crippen molar-refractivity contribution in [1.29, 1.82) is 0 Å². The SMILES string of the molecule is CC(=O)N1CCC[C@H]1C(=O)N[C@@H](CO)C(=O)N1CCC[C@H]1C(=O)N[C@@H](Cc1c[nH]c2ccccc12)C(=O)N[C@@H](C)C(=O)N[C@H](C(=O)N[C@@H](CS)C(=O)N[C@@H](C)C(=O)N[C@@H](Cc1ccccc1)C(N)=O)[C@@H](C)O. The number of carbonyl (C=O) groups is 10. The van der Waals surface area contributed by atoms with Crippen LogP contribution in [0.4, 0.5) is 0 Å². The zero-order chi connectivity index (χ0) is 52.8. The number of hydrogen-bond acceptors (Lipinski definition) is 13. The minimum atomic E-state index is -1.67. The molecule has 3 heterocycles. The lowest BCUT2D eigenvalue weighted by Gasteiger charge is -2.30. The molecule has 2 aliphatic heterocycles. The number of nitrogens with two attached hydrogens (primary N) is 1. The van der Waals surface area contributed by atoms with E-state index in [0.717, 1.165) is 16.5 Å². The topological polar surface area (TPSA) is 344 Å². The van der Waals surface area contributed by atoms with E-state index in [4.69, 9.17) is 5.73 Å². The predicted octanol–water partition coefficient (Wildman–Crippen LogP) is -2.82. The number of amides is 10. The number of para-hydroxylation sites is 1. The molecule has 0 saturated carbocycles. The highest BCUT2D eigenvalue weighted by molar-refractivity contribution is 7.80. The van der Waals surface area contributed by atoms with Gasteiger partial charge in [0.25, 0.3) is 0 Å².